The van der Waals surface area contributed by atoms with Crippen molar-refractivity contribution in [2.75, 3.05) is 6.54 Å². The molecule has 1 amide bonds. The predicted octanol–water partition coefficient (Wildman–Crippen LogP) is 3.10. The highest BCUT2D eigenvalue weighted by atomic mass is 16.3. The number of hydrogen-bond acceptors (Lipinski definition) is 3. The molecule has 0 radical (unpaired) electrons. The van der Waals surface area contributed by atoms with Gasteiger partial charge in [-0.05, 0) is 52.2 Å². The molecule has 5 heteroatoms. The largest absolute Gasteiger partial charge is 0.459 e. The summed E-state index contributed by atoms with van der Waals surface area (Å²) in [6.45, 7) is 7.52. The number of aryl methyl sites for hydroxylation is 3. The third kappa shape index (κ3) is 2.80. The fourth-order valence-electron chi connectivity index (χ4n) is 3.24. The van der Waals surface area contributed by atoms with Crippen molar-refractivity contribution in [3.05, 3.63) is 41.1 Å². The molecule has 22 heavy (non-hydrogen) atoms. The molecule has 0 N–H and O–H groups in total. The smallest absolute Gasteiger partial charge is 0.290 e. The van der Waals surface area contributed by atoms with Crippen LogP contribution in [0.1, 0.15) is 46.8 Å². The van der Waals surface area contributed by atoms with Gasteiger partial charge in [0.2, 0.25) is 0 Å². The maximum Gasteiger partial charge on any atom is 0.290 e. The molecule has 1 atom stereocenters. The van der Waals surface area contributed by atoms with Gasteiger partial charge in [-0.1, -0.05) is 0 Å². The molecular formula is C17H23N3O2. The summed E-state index contributed by atoms with van der Waals surface area (Å²) in [5.74, 6) is 0.481. The van der Waals surface area contributed by atoms with Crippen LogP contribution in [0.2, 0.25) is 0 Å². The molecule has 1 aliphatic rings. The first-order valence-electron chi connectivity index (χ1n) is 7.92. The zero-order chi connectivity index (χ0) is 15.7. The van der Waals surface area contributed by atoms with E-state index in [9.17, 15) is 4.79 Å². The number of carbonyl (C=O) groups is 1. The number of furan rings is 1. The van der Waals surface area contributed by atoms with E-state index < -0.39 is 0 Å². The van der Waals surface area contributed by atoms with E-state index in [2.05, 4.69) is 18.1 Å². The average Bonchev–Trinajstić information content (AvgIpc) is 3.05. The van der Waals surface area contributed by atoms with E-state index in [1.54, 1.807) is 6.26 Å². The van der Waals surface area contributed by atoms with Gasteiger partial charge < -0.3 is 9.32 Å². The number of carbonyl (C=O) groups excluding carboxylic acids is 1. The van der Waals surface area contributed by atoms with Crippen molar-refractivity contribution in [3.8, 4) is 0 Å². The Balaban J connectivity index is 1.81. The molecule has 0 saturated carbocycles. The second kappa shape index (κ2) is 5.99. The summed E-state index contributed by atoms with van der Waals surface area (Å²) in [6, 6.07) is 4.10. The average molecular weight is 301 g/mol. The number of aromatic nitrogens is 2. The van der Waals surface area contributed by atoms with E-state index >= 15 is 0 Å². The van der Waals surface area contributed by atoms with E-state index in [1.165, 1.54) is 0 Å². The number of likely N-dealkylation sites (tertiary alicyclic amines) is 1. The minimum absolute atomic E-state index is 0.00808. The van der Waals surface area contributed by atoms with Gasteiger partial charge in [-0.15, -0.1) is 0 Å². The van der Waals surface area contributed by atoms with E-state index in [0.29, 0.717) is 5.76 Å². The number of amides is 1. The van der Waals surface area contributed by atoms with Gasteiger partial charge in [0.15, 0.2) is 5.76 Å². The molecule has 3 heterocycles. The van der Waals surface area contributed by atoms with E-state index in [0.717, 1.165) is 49.3 Å². The van der Waals surface area contributed by atoms with Crippen molar-refractivity contribution in [1.82, 2.24) is 14.7 Å². The Labute approximate surface area is 130 Å². The van der Waals surface area contributed by atoms with Crippen LogP contribution in [0.25, 0.3) is 0 Å². The third-order valence-electron chi connectivity index (χ3n) is 4.43. The normalized spacial score (nSPS) is 18.7. The van der Waals surface area contributed by atoms with Gasteiger partial charge in [0.1, 0.15) is 0 Å². The van der Waals surface area contributed by atoms with Gasteiger partial charge in [0, 0.05) is 17.8 Å². The van der Waals surface area contributed by atoms with Gasteiger partial charge in [-0.2, -0.15) is 5.10 Å². The maximum absolute atomic E-state index is 12.8. The highest BCUT2D eigenvalue weighted by Crippen LogP contribution is 2.23. The van der Waals surface area contributed by atoms with Crippen LogP contribution in [0.5, 0.6) is 0 Å². The van der Waals surface area contributed by atoms with Crippen LogP contribution in [0, 0.1) is 20.8 Å². The molecule has 118 valence electrons. The second-order valence-electron chi connectivity index (χ2n) is 6.19. The molecule has 0 spiro atoms. The topological polar surface area (TPSA) is 51.3 Å². The van der Waals surface area contributed by atoms with Crippen molar-refractivity contribution in [2.45, 2.75) is 52.6 Å². The summed E-state index contributed by atoms with van der Waals surface area (Å²) < 4.78 is 7.41. The van der Waals surface area contributed by atoms with Crippen LogP contribution in [-0.2, 0) is 6.54 Å². The van der Waals surface area contributed by atoms with Crippen LogP contribution in [-0.4, -0.2) is 33.2 Å². The number of nitrogens with zero attached hydrogens (tertiary/aromatic N) is 3. The molecule has 0 unspecified atom stereocenters. The van der Waals surface area contributed by atoms with Gasteiger partial charge in [-0.25, -0.2) is 0 Å². The summed E-state index contributed by atoms with van der Waals surface area (Å²) in [4.78, 5) is 14.7. The van der Waals surface area contributed by atoms with Gasteiger partial charge in [0.25, 0.3) is 5.91 Å². The molecule has 5 nitrogen and oxygen atoms in total. The molecule has 1 saturated heterocycles. The number of piperidine rings is 1. The molecule has 0 bridgehead atoms. The monoisotopic (exact) mass is 301 g/mol. The lowest BCUT2D eigenvalue weighted by molar-refractivity contribution is 0.0549. The number of hydrogen-bond donors (Lipinski definition) is 0. The summed E-state index contributed by atoms with van der Waals surface area (Å²) in [5, 5.41) is 4.53. The fraction of sp³-hybridized carbons (Fsp3) is 0.529. The lowest BCUT2D eigenvalue weighted by atomic mass is 10.0. The molecule has 2 aromatic heterocycles. The SMILES string of the molecule is Cc1cc(C)n(C[C@H]2CCCCN2C(=O)c2occc2C)n1. The van der Waals surface area contributed by atoms with E-state index in [4.69, 9.17) is 4.42 Å². The quantitative estimate of drug-likeness (QED) is 0.875. The van der Waals surface area contributed by atoms with Gasteiger partial charge in [0.05, 0.1) is 24.5 Å². The Morgan fingerprint density at radius 3 is 2.82 bits per heavy atom. The highest BCUT2D eigenvalue weighted by Gasteiger charge is 2.30. The Morgan fingerprint density at radius 1 is 1.36 bits per heavy atom. The highest BCUT2D eigenvalue weighted by molar-refractivity contribution is 5.93. The maximum atomic E-state index is 12.8. The first-order chi connectivity index (χ1) is 10.6. The zero-order valence-electron chi connectivity index (χ0n) is 13.5. The summed E-state index contributed by atoms with van der Waals surface area (Å²) >= 11 is 0. The first kappa shape index (κ1) is 14.9. The third-order valence-corrected chi connectivity index (χ3v) is 4.43. The van der Waals surface area contributed by atoms with Crippen LogP contribution in [0.4, 0.5) is 0 Å². The molecule has 3 rings (SSSR count). The van der Waals surface area contributed by atoms with Crippen LogP contribution in [0.15, 0.2) is 22.8 Å². The van der Waals surface area contributed by atoms with Crippen molar-refractivity contribution in [2.24, 2.45) is 0 Å². The van der Waals surface area contributed by atoms with Crippen molar-refractivity contribution in [1.29, 1.82) is 0 Å². The molecule has 0 aromatic carbocycles. The summed E-state index contributed by atoms with van der Waals surface area (Å²) in [5.41, 5.74) is 3.07. The summed E-state index contributed by atoms with van der Waals surface area (Å²) in [7, 11) is 0. The van der Waals surface area contributed by atoms with Crippen molar-refractivity contribution in [3.63, 3.8) is 0 Å². The van der Waals surface area contributed by atoms with Crippen LogP contribution >= 0.6 is 0 Å². The Bertz CT molecular complexity index is 671. The van der Waals surface area contributed by atoms with Crippen molar-refractivity contribution >= 4 is 5.91 Å². The van der Waals surface area contributed by atoms with Crippen molar-refractivity contribution < 1.29 is 9.21 Å². The minimum Gasteiger partial charge on any atom is -0.459 e. The molecule has 0 aliphatic carbocycles. The molecule has 2 aromatic rings. The van der Waals surface area contributed by atoms with E-state index in [1.807, 2.05) is 29.5 Å². The fourth-order valence-corrected chi connectivity index (χ4v) is 3.24. The Hall–Kier alpha value is -2.04. The minimum atomic E-state index is 0.00808. The summed E-state index contributed by atoms with van der Waals surface area (Å²) in [6.07, 6.45) is 4.82. The second-order valence-corrected chi connectivity index (χ2v) is 6.19. The van der Waals surface area contributed by atoms with Gasteiger partial charge >= 0.3 is 0 Å². The van der Waals surface area contributed by atoms with Gasteiger partial charge in [-0.3, -0.25) is 9.48 Å². The Morgan fingerprint density at radius 2 is 2.18 bits per heavy atom. The predicted molar refractivity (Wildman–Crippen MR) is 83.8 cm³/mol. The molecular weight excluding hydrogens is 278 g/mol. The zero-order valence-corrected chi connectivity index (χ0v) is 13.5. The Kier molecular flexibility index (Phi) is 4.05. The number of rotatable bonds is 3. The van der Waals surface area contributed by atoms with Crippen LogP contribution in [0.3, 0.4) is 0 Å². The first-order valence-corrected chi connectivity index (χ1v) is 7.92. The standard InChI is InChI=1S/C17H23N3O2/c1-12-7-9-22-16(12)17(21)19-8-5-4-6-15(19)11-20-14(3)10-13(2)18-20/h7,9-10,15H,4-6,8,11H2,1-3H3/t15-/m1/s1. The lowest BCUT2D eigenvalue weighted by Crippen LogP contribution is -2.46. The lowest BCUT2D eigenvalue weighted by Gasteiger charge is -2.35. The molecule has 1 fully saturated rings. The van der Waals surface area contributed by atoms with Crippen LogP contribution < -0.4 is 0 Å². The molecule has 1 aliphatic heterocycles. The van der Waals surface area contributed by atoms with E-state index in [-0.39, 0.29) is 11.9 Å².